The van der Waals surface area contributed by atoms with Gasteiger partial charge in [-0.2, -0.15) is 0 Å². The molecule has 7 heteroatoms. The van der Waals surface area contributed by atoms with Crippen LogP contribution in [0.5, 0.6) is 0 Å². The summed E-state index contributed by atoms with van der Waals surface area (Å²) in [7, 11) is 0. The van der Waals surface area contributed by atoms with Crippen molar-refractivity contribution >= 4 is 45.2 Å². The molecule has 132 valence electrons. The molecule has 4 aromatic rings. The van der Waals surface area contributed by atoms with Crippen LogP contribution in [0.25, 0.3) is 21.8 Å². The first-order chi connectivity index (χ1) is 12.6. The van der Waals surface area contributed by atoms with E-state index in [0.717, 1.165) is 11.0 Å². The molecule has 0 aliphatic carbocycles. The van der Waals surface area contributed by atoms with E-state index in [1.54, 1.807) is 0 Å². The molecule has 0 aliphatic heterocycles. The van der Waals surface area contributed by atoms with Crippen molar-refractivity contribution in [2.75, 3.05) is 17.2 Å². The number of rotatable bonds is 5. The Labute approximate surface area is 154 Å². The van der Waals surface area contributed by atoms with Crippen LogP contribution in [0, 0.1) is 0 Å². The lowest BCUT2D eigenvalue weighted by atomic mass is 10.2. The van der Waals surface area contributed by atoms with Gasteiger partial charge in [0.2, 0.25) is 0 Å². The lowest BCUT2D eigenvalue weighted by Gasteiger charge is -2.13. The second-order valence-corrected chi connectivity index (χ2v) is 7.10. The molecule has 0 fully saturated rings. The Hall–Kier alpha value is -2.77. The van der Waals surface area contributed by atoms with Gasteiger partial charge in [0.05, 0.1) is 12.6 Å². The molecule has 0 radical (unpaired) electrons. The third-order valence-corrected chi connectivity index (χ3v) is 5.22. The van der Waals surface area contributed by atoms with E-state index in [-0.39, 0.29) is 0 Å². The van der Waals surface area contributed by atoms with E-state index in [1.165, 1.54) is 28.6 Å². The molecule has 5 N–H and O–H groups in total. The minimum atomic E-state index is -0.564. The van der Waals surface area contributed by atoms with Gasteiger partial charge in [0.25, 0.3) is 0 Å². The Morgan fingerprint density at radius 1 is 0.923 bits per heavy atom. The highest BCUT2D eigenvalue weighted by molar-refractivity contribution is 7.99. The smallest absolute Gasteiger partial charge is 0.191 e. The zero-order valence-corrected chi connectivity index (χ0v) is 14.9. The van der Waals surface area contributed by atoms with Gasteiger partial charge in [-0.1, -0.05) is 48.2 Å². The number of nitrogens with zero attached hydrogens (tertiary/aromatic N) is 3. The molecule has 1 atom stereocenters. The van der Waals surface area contributed by atoms with Crippen LogP contribution in [0.15, 0.2) is 59.8 Å². The summed E-state index contributed by atoms with van der Waals surface area (Å²) < 4.78 is 2.16. The Morgan fingerprint density at radius 2 is 1.46 bits per heavy atom. The van der Waals surface area contributed by atoms with E-state index in [4.69, 9.17) is 11.5 Å². The molecular weight excluding hydrogens is 346 g/mol. The largest absolute Gasteiger partial charge is 0.390 e. The first-order valence-electron chi connectivity index (χ1n) is 8.28. The number of anilines is 2. The van der Waals surface area contributed by atoms with E-state index in [2.05, 4.69) is 38.8 Å². The minimum Gasteiger partial charge on any atom is -0.390 e. The number of hydrogen-bond donors (Lipinski definition) is 3. The van der Waals surface area contributed by atoms with Gasteiger partial charge < -0.3 is 21.1 Å². The fraction of sp³-hybridized carbons (Fsp3) is 0.158. The first kappa shape index (κ1) is 16.7. The van der Waals surface area contributed by atoms with E-state index in [9.17, 15) is 5.11 Å². The van der Waals surface area contributed by atoms with Gasteiger partial charge in [0.15, 0.2) is 5.16 Å². The highest BCUT2D eigenvalue weighted by Gasteiger charge is 2.14. The summed E-state index contributed by atoms with van der Waals surface area (Å²) in [5, 5.41) is 13.4. The summed E-state index contributed by atoms with van der Waals surface area (Å²) in [6.45, 7) is 0.485. The lowest BCUT2D eigenvalue weighted by Crippen LogP contribution is -2.18. The van der Waals surface area contributed by atoms with Crippen molar-refractivity contribution in [3.8, 4) is 0 Å². The Morgan fingerprint density at radius 3 is 2.04 bits per heavy atom. The summed E-state index contributed by atoms with van der Waals surface area (Å²) >= 11 is 1.34. The van der Waals surface area contributed by atoms with Gasteiger partial charge in [0, 0.05) is 33.6 Å². The Kier molecular flexibility index (Phi) is 4.40. The van der Waals surface area contributed by atoms with Gasteiger partial charge in [-0.15, -0.1) is 0 Å². The summed E-state index contributed by atoms with van der Waals surface area (Å²) in [6.07, 6.45) is -0.564. The molecular formula is C19H19N5OS. The predicted octanol–water partition coefficient (Wildman–Crippen LogP) is 2.90. The molecule has 6 nitrogen and oxygen atoms in total. The molecule has 0 saturated carbocycles. The van der Waals surface area contributed by atoms with Crippen LogP contribution in [-0.4, -0.2) is 31.5 Å². The number of benzene rings is 2. The van der Waals surface area contributed by atoms with Gasteiger partial charge in [0.1, 0.15) is 11.6 Å². The van der Waals surface area contributed by atoms with Crippen LogP contribution in [0.3, 0.4) is 0 Å². The van der Waals surface area contributed by atoms with Gasteiger partial charge in [-0.3, -0.25) is 0 Å². The van der Waals surface area contributed by atoms with Crippen molar-refractivity contribution in [2.45, 2.75) is 17.8 Å². The topological polar surface area (TPSA) is 103 Å². The average Bonchev–Trinajstić information content (AvgIpc) is 2.94. The molecule has 2 aromatic heterocycles. The molecule has 0 bridgehead atoms. The van der Waals surface area contributed by atoms with Crippen LogP contribution in [-0.2, 0) is 6.54 Å². The lowest BCUT2D eigenvalue weighted by molar-refractivity contribution is 0.181. The zero-order valence-electron chi connectivity index (χ0n) is 14.0. The van der Waals surface area contributed by atoms with Crippen molar-refractivity contribution in [1.29, 1.82) is 0 Å². The molecule has 26 heavy (non-hydrogen) atoms. The maximum absolute atomic E-state index is 10.6. The number of aliphatic hydroxyl groups is 1. The first-order valence-corrected chi connectivity index (χ1v) is 9.27. The average molecular weight is 365 g/mol. The molecule has 0 spiro atoms. The molecule has 0 saturated heterocycles. The molecule has 0 aliphatic rings. The van der Waals surface area contributed by atoms with Crippen molar-refractivity contribution in [3.05, 3.63) is 54.6 Å². The van der Waals surface area contributed by atoms with Gasteiger partial charge in [-0.05, 0) is 12.1 Å². The number of fused-ring (bicyclic) bond motifs is 3. The van der Waals surface area contributed by atoms with Crippen LogP contribution < -0.4 is 11.5 Å². The van der Waals surface area contributed by atoms with Gasteiger partial charge >= 0.3 is 0 Å². The van der Waals surface area contributed by atoms with E-state index in [0.29, 0.717) is 29.1 Å². The maximum atomic E-state index is 10.6. The standard InChI is InChI=1S/C19H19N5OS/c20-17-9-18(21)23-19(22-17)26-11-12(25)10-24-15-7-3-1-5-13(15)14-6-2-4-8-16(14)24/h1-9,12,25H,10-11H2,(H4,20,21,22,23). The van der Waals surface area contributed by atoms with Crippen LogP contribution in [0.2, 0.25) is 0 Å². The highest BCUT2D eigenvalue weighted by Crippen LogP contribution is 2.29. The second kappa shape index (κ2) is 6.86. The normalized spacial score (nSPS) is 12.7. The minimum absolute atomic E-state index is 0.330. The molecule has 0 amide bonds. The number of hydrogen-bond acceptors (Lipinski definition) is 6. The Balaban J connectivity index is 1.58. The third kappa shape index (κ3) is 3.18. The van der Waals surface area contributed by atoms with E-state index < -0.39 is 6.10 Å². The summed E-state index contributed by atoms with van der Waals surface area (Å²) in [5.74, 6) is 1.11. The predicted molar refractivity (Wildman–Crippen MR) is 107 cm³/mol. The Bertz CT molecular complexity index is 1000. The van der Waals surface area contributed by atoms with E-state index in [1.807, 2.05) is 24.3 Å². The fourth-order valence-electron chi connectivity index (χ4n) is 3.16. The molecule has 4 rings (SSSR count). The fourth-order valence-corrected chi connectivity index (χ4v) is 3.95. The molecule has 2 heterocycles. The summed E-state index contributed by atoms with van der Waals surface area (Å²) in [4.78, 5) is 8.27. The monoisotopic (exact) mass is 365 g/mol. The summed E-state index contributed by atoms with van der Waals surface area (Å²) in [5.41, 5.74) is 13.6. The highest BCUT2D eigenvalue weighted by atomic mass is 32.2. The maximum Gasteiger partial charge on any atom is 0.191 e. The number of para-hydroxylation sites is 2. The van der Waals surface area contributed by atoms with Crippen LogP contribution >= 0.6 is 11.8 Å². The SMILES string of the molecule is Nc1cc(N)nc(SCC(O)Cn2c3ccccc3c3ccccc32)n1. The zero-order chi connectivity index (χ0) is 18.1. The van der Waals surface area contributed by atoms with Crippen molar-refractivity contribution < 1.29 is 5.11 Å². The number of aliphatic hydroxyl groups excluding tert-OH is 1. The van der Waals surface area contributed by atoms with Crippen LogP contribution in [0.1, 0.15) is 0 Å². The molecule has 1 unspecified atom stereocenters. The number of aromatic nitrogens is 3. The number of thioether (sulfide) groups is 1. The second-order valence-electron chi connectivity index (χ2n) is 6.11. The van der Waals surface area contributed by atoms with Gasteiger partial charge in [-0.25, -0.2) is 9.97 Å². The van der Waals surface area contributed by atoms with Crippen molar-refractivity contribution in [2.24, 2.45) is 0 Å². The van der Waals surface area contributed by atoms with E-state index >= 15 is 0 Å². The third-order valence-electron chi connectivity index (χ3n) is 4.22. The van der Waals surface area contributed by atoms with Crippen LogP contribution in [0.4, 0.5) is 11.6 Å². The quantitative estimate of drug-likeness (QED) is 0.371. The molecule has 2 aromatic carbocycles. The summed E-state index contributed by atoms with van der Waals surface area (Å²) in [6, 6.07) is 18.0. The number of nitrogen functional groups attached to an aromatic ring is 2. The van der Waals surface area contributed by atoms with Crippen molar-refractivity contribution in [3.63, 3.8) is 0 Å². The van der Waals surface area contributed by atoms with Crippen molar-refractivity contribution in [1.82, 2.24) is 14.5 Å². The number of nitrogens with two attached hydrogens (primary N) is 2.